The van der Waals surface area contributed by atoms with E-state index in [-0.39, 0.29) is 21.9 Å². The number of carbonyl (C=O) groups excluding carboxylic acids is 1. The van der Waals surface area contributed by atoms with Crippen molar-refractivity contribution in [2.75, 3.05) is 4.90 Å². The number of hydrogen-bond donors (Lipinski definition) is 1. The van der Waals surface area contributed by atoms with Crippen molar-refractivity contribution in [1.29, 1.82) is 0 Å². The SMILES string of the molecule is CC(C)N(C(=O)NCc1cccnc1)c1ccc(S(=O)(=O)c2ccccc2)cc1. The fourth-order valence-corrected chi connectivity index (χ4v) is 4.22. The van der Waals surface area contributed by atoms with Crippen LogP contribution in [0.2, 0.25) is 0 Å². The first-order chi connectivity index (χ1) is 13.9. The minimum absolute atomic E-state index is 0.111. The molecule has 1 N–H and O–H groups in total. The van der Waals surface area contributed by atoms with Gasteiger partial charge in [-0.15, -0.1) is 0 Å². The summed E-state index contributed by atoms with van der Waals surface area (Å²) in [5.41, 5.74) is 1.52. The van der Waals surface area contributed by atoms with Gasteiger partial charge < -0.3 is 5.32 Å². The van der Waals surface area contributed by atoms with Crippen LogP contribution in [-0.4, -0.2) is 25.5 Å². The normalized spacial score (nSPS) is 11.3. The van der Waals surface area contributed by atoms with E-state index < -0.39 is 9.84 Å². The molecule has 0 bridgehead atoms. The molecule has 0 fully saturated rings. The van der Waals surface area contributed by atoms with Crippen LogP contribution in [0.15, 0.2) is 88.9 Å². The smallest absolute Gasteiger partial charge is 0.322 e. The standard InChI is InChI=1S/C22H23N3O3S/c1-17(2)25(22(26)24-16-18-7-6-14-23-15-18)19-10-12-21(13-11-19)29(27,28)20-8-4-3-5-9-20/h3-15,17H,16H2,1-2H3,(H,24,26). The second-order valence-corrected chi connectivity index (χ2v) is 8.74. The van der Waals surface area contributed by atoms with Crippen molar-refractivity contribution in [3.63, 3.8) is 0 Å². The van der Waals surface area contributed by atoms with Gasteiger partial charge in [0.05, 0.1) is 9.79 Å². The van der Waals surface area contributed by atoms with Crippen LogP contribution in [0.4, 0.5) is 10.5 Å². The highest BCUT2D eigenvalue weighted by Crippen LogP contribution is 2.24. The molecule has 2 amide bonds. The fourth-order valence-electron chi connectivity index (χ4n) is 2.94. The van der Waals surface area contributed by atoms with Gasteiger partial charge in [0.2, 0.25) is 9.84 Å². The second kappa shape index (κ2) is 8.87. The molecule has 7 heteroatoms. The number of carbonyl (C=O) groups is 1. The molecule has 150 valence electrons. The number of anilines is 1. The molecule has 0 aliphatic heterocycles. The summed E-state index contributed by atoms with van der Waals surface area (Å²) in [5.74, 6) is 0. The van der Waals surface area contributed by atoms with Gasteiger partial charge in [-0.25, -0.2) is 13.2 Å². The number of pyridine rings is 1. The number of aromatic nitrogens is 1. The zero-order valence-electron chi connectivity index (χ0n) is 16.3. The lowest BCUT2D eigenvalue weighted by Gasteiger charge is -2.27. The maximum atomic E-state index is 12.7. The van der Waals surface area contributed by atoms with Crippen molar-refractivity contribution in [3.8, 4) is 0 Å². The van der Waals surface area contributed by atoms with Crippen LogP contribution in [0, 0.1) is 0 Å². The molecule has 0 aliphatic carbocycles. The fraction of sp³-hybridized carbons (Fsp3) is 0.182. The van der Waals surface area contributed by atoms with Crippen molar-refractivity contribution in [3.05, 3.63) is 84.7 Å². The summed E-state index contributed by atoms with van der Waals surface area (Å²) < 4.78 is 25.5. The summed E-state index contributed by atoms with van der Waals surface area (Å²) in [7, 11) is -3.59. The Morgan fingerprint density at radius 2 is 1.62 bits per heavy atom. The summed E-state index contributed by atoms with van der Waals surface area (Å²) in [6.07, 6.45) is 3.38. The van der Waals surface area contributed by atoms with Gasteiger partial charge in [0.25, 0.3) is 0 Å². The number of benzene rings is 2. The van der Waals surface area contributed by atoms with Crippen molar-refractivity contribution in [2.24, 2.45) is 0 Å². The van der Waals surface area contributed by atoms with Crippen molar-refractivity contribution in [2.45, 2.75) is 36.2 Å². The Hall–Kier alpha value is -3.19. The summed E-state index contributed by atoms with van der Waals surface area (Å²) >= 11 is 0. The van der Waals surface area contributed by atoms with Gasteiger partial charge in [-0.2, -0.15) is 0 Å². The largest absolute Gasteiger partial charge is 0.334 e. The maximum Gasteiger partial charge on any atom is 0.322 e. The zero-order chi connectivity index (χ0) is 20.9. The zero-order valence-corrected chi connectivity index (χ0v) is 17.1. The Morgan fingerprint density at radius 3 is 2.21 bits per heavy atom. The topological polar surface area (TPSA) is 79.4 Å². The van der Waals surface area contributed by atoms with Gasteiger partial charge in [-0.05, 0) is 61.9 Å². The number of amides is 2. The first-order valence-corrected chi connectivity index (χ1v) is 10.7. The average molecular weight is 410 g/mol. The molecule has 3 rings (SSSR count). The van der Waals surface area contributed by atoms with Crippen molar-refractivity contribution < 1.29 is 13.2 Å². The van der Waals surface area contributed by atoms with E-state index in [0.29, 0.717) is 12.2 Å². The molecule has 0 aliphatic rings. The van der Waals surface area contributed by atoms with Gasteiger partial charge in [-0.1, -0.05) is 24.3 Å². The van der Waals surface area contributed by atoms with Gasteiger partial charge in [0, 0.05) is 30.7 Å². The number of sulfone groups is 1. The van der Waals surface area contributed by atoms with E-state index in [9.17, 15) is 13.2 Å². The Bertz CT molecular complexity index is 1050. The molecule has 2 aromatic carbocycles. The average Bonchev–Trinajstić information content (AvgIpc) is 2.74. The van der Waals surface area contributed by atoms with Gasteiger partial charge in [-0.3, -0.25) is 9.88 Å². The van der Waals surface area contributed by atoms with Crippen LogP contribution in [-0.2, 0) is 16.4 Å². The predicted octanol–water partition coefficient (Wildman–Crippen LogP) is 4.04. The minimum Gasteiger partial charge on any atom is -0.334 e. The lowest BCUT2D eigenvalue weighted by atomic mass is 10.2. The van der Waals surface area contributed by atoms with Gasteiger partial charge >= 0.3 is 6.03 Å². The van der Waals surface area contributed by atoms with E-state index in [4.69, 9.17) is 0 Å². The molecular formula is C22H23N3O3S. The highest BCUT2D eigenvalue weighted by molar-refractivity contribution is 7.91. The third-order valence-corrected chi connectivity index (χ3v) is 6.17. The lowest BCUT2D eigenvalue weighted by molar-refractivity contribution is 0.244. The van der Waals surface area contributed by atoms with E-state index in [1.54, 1.807) is 59.8 Å². The molecule has 0 atom stereocenters. The second-order valence-electron chi connectivity index (χ2n) is 6.79. The van der Waals surface area contributed by atoms with Crippen molar-refractivity contribution >= 4 is 21.6 Å². The van der Waals surface area contributed by atoms with Crippen molar-refractivity contribution in [1.82, 2.24) is 10.3 Å². The summed E-state index contributed by atoms with van der Waals surface area (Å²) in [4.78, 5) is 18.8. The van der Waals surface area contributed by atoms with Crippen LogP contribution in [0.3, 0.4) is 0 Å². The Kier molecular flexibility index (Phi) is 6.29. The number of urea groups is 1. The monoisotopic (exact) mass is 409 g/mol. The first-order valence-electron chi connectivity index (χ1n) is 9.26. The number of hydrogen-bond acceptors (Lipinski definition) is 4. The third kappa shape index (κ3) is 4.81. The first kappa shape index (κ1) is 20.5. The van der Waals surface area contributed by atoms with Crippen LogP contribution in [0.1, 0.15) is 19.4 Å². The van der Waals surface area contributed by atoms with E-state index in [1.807, 2.05) is 26.0 Å². The van der Waals surface area contributed by atoms with E-state index in [1.165, 1.54) is 12.1 Å². The molecule has 1 aromatic heterocycles. The summed E-state index contributed by atoms with van der Waals surface area (Å²) in [5, 5.41) is 2.88. The number of rotatable bonds is 6. The van der Waals surface area contributed by atoms with E-state index in [2.05, 4.69) is 10.3 Å². The lowest BCUT2D eigenvalue weighted by Crippen LogP contribution is -2.44. The highest BCUT2D eigenvalue weighted by atomic mass is 32.2. The molecule has 29 heavy (non-hydrogen) atoms. The Balaban J connectivity index is 1.79. The van der Waals surface area contributed by atoms with Crippen LogP contribution in [0.25, 0.3) is 0 Å². The Morgan fingerprint density at radius 1 is 0.966 bits per heavy atom. The summed E-state index contributed by atoms with van der Waals surface area (Å²) in [6, 6.07) is 18.0. The predicted molar refractivity (Wildman–Crippen MR) is 112 cm³/mol. The Labute approximate surface area is 171 Å². The van der Waals surface area contributed by atoms with E-state index >= 15 is 0 Å². The van der Waals surface area contributed by atoms with E-state index in [0.717, 1.165) is 5.56 Å². The molecule has 0 radical (unpaired) electrons. The van der Waals surface area contributed by atoms with Crippen LogP contribution in [0.5, 0.6) is 0 Å². The molecular weight excluding hydrogens is 386 g/mol. The van der Waals surface area contributed by atoms with Gasteiger partial charge in [0.1, 0.15) is 0 Å². The number of nitrogens with one attached hydrogen (secondary N) is 1. The minimum atomic E-state index is -3.59. The molecule has 0 saturated heterocycles. The molecule has 0 unspecified atom stereocenters. The molecule has 0 spiro atoms. The van der Waals surface area contributed by atoms with Crippen LogP contribution < -0.4 is 10.2 Å². The molecule has 1 heterocycles. The highest BCUT2D eigenvalue weighted by Gasteiger charge is 2.21. The van der Waals surface area contributed by atoms with Gasteiger partial charge in [0.15, 0.2) is 0 Å². The maximum absolute atomic E-state index is 12.7. The van der Waals surface area contributed by atoms with Crippen LogP contribution >= 0.6 is 0 Å². The molecule has 3 aromatic rings. The molecule has 6 nitrogen and oxygen atoms in total. The molecule has 0 saturated carbocycles. The quantitative estimate of drug-likeness (QED) is 0.666. The number of nitrogens with zero attached hydrogens (tertiary/aromatic N) is 2. The third-order valence-electron chi connectivity index (χ3n) is 4.38. The summed E-state index contributed by atoms with van der Waals surface area (Å²) in [6.45, 7) is 4.16.